The lowest BCUT2D eigenvalue weighted by molar-refractivity contribution is 0.0953. The molecule has 4 nitrogen and oxygen atoms in total. The van der Waals surface area contributed by atoms with E-state index < -0.39 is 0 Å². The molecule has 1 amide bonds. The minimum atomic E-state index is -0.307. The zero-order valence-electron chi connectivity index (χ0n) is 11.6. The first kappa shape index (κ1) is 14.1. The number of nitrogens with two attached hydrogens (primary N) is 1. The van der Waals surface area contributed by atoms with Gasteiger partial charge in [0.25, 0.3) is 5.91 Å². The summed E-state index contributed by atoms with van der Waals surface area (Å²) in [4.78, 5) is 11.5. The lowest BCUT2D eigenvalue weighted by atomic mass is 10.1. The van der Waals surface area contributed by atoms with Gasteiger partial charge in [0.05, 0.1) is 0 Å². The second-order valence-corrected chi connectivity index (χ2v) is 4.68. The maximum atomic E-state index is 11.5. The molecule has 2 aromatic rings. The molecule has 0 saturated heterocycles. The summed E-state index contributed by atoms with van der Waals surface area (Å²) in [5, 5.41) is 0. The van der Waals surface area contributed by atoms with Gasteiger partial charge >= 0.3 is 0 Å². The summed E-state index contributed by atoms with van der Waals surface area (Å²) >= 11 is 0. The van der Waals surface area contributed by atoms with E-state index in [-0.39, 0.29) is 5.91 Å². The topological polar surface area (TPSA) is 64.3 Å². The van der Waals surface area contributed by atoms with Crippen LogP contribution in [0.1, 0.15) is 27.0 Å². The smallest absolute Gasteiger partial charge is 0.265 e. The maximum Gasteiger partial charge on any atom is 0.265 e. The van der Waals surface area contributed by atoms with Gasteiger partial charge < -0.3 is 4.74 Å². The Bertz CT molecular complexity index is 603. The van der Waals surface area contributed by atoms with Crippen LogP contribution in [-0.2, 0) is 6.61 Å². The number of carbonyl (C=O) groups is 1. The molecule has 4 heteroatoms. The number of rotatable bonds is 4. The first-order valence-electron chi connectivity index (χ1n) is 6.40. The van der Waals surface area contributed by atoms with Crippen molar-refractivity contribution in [1.29, 1.82) is 0 Å². The van der Waals surface area contributed by atoms with Crippen LogP contribution in [0.3, 0.4) is 0 Å². The number of aryl methyl sites for hydroxylation is 2. The summed E-state index contributed by atoms with van der Waals surface area (Å²) in [6.07, 6.45) is 0. The molecule has 2 aromatic carbocycles. The van der Waals surface area contributed by atoms with Crippen molar-refractivity contribution in [2.45, 2.75) is 20.5 Å². The second kappa shape index (κ2) is 6.21. The highest BCUT2D eigenvalue weighted by molar-refractivity contribution is 5.93. The lowest BCUT2D eigenvalue weighted by Gasteiger charge is -2.12. The van der Waals surface area contributed by atoms with Crippen LogP contribution in [0.25, 0.3) is 0 Å². The average Bonchev–Trinajstić information content (AvgIpc) is 2.46. The highest BCUT2D eigenvalue weighted by Gasteiger charge is 2.06. The van der Waals surface area contributed by atoms with E-state index in [1.54, 1.807) is 12.1 Å². The Morgan fingerprint density at radius 1 is 1.15 bits per heavy atom. The van der Waals surface area contributed by atoms with E-state index >= 15 is 0 Å². The Labute approximate surface area is 118 Å². The zero-order chi connectivity index (χ0) is 14.5. The molecule has 0 spiro atoms. The van der Waals surface area contributed by atoms with Gasteiger partial charge in [-0.2, -0.15) is 0 Å². The molecular formula is C16H18N2O2. The number of nitrogen functional groups attached to an aromatic ring is 1. The SMILES string of the molecule is Cc1cccc(C)c1OCc1cccc(C(=O)NN)c1. The molecule has 20 heavy (non-hydrogen) atoms. The summed E-state index contributed by atoms with van der Waals surface area (Å²) in [7, 11) is 0. The summed E-state index contributed by atoms with van der Waals surface area (Å²) < 4.78 is 5.86. The zero-order valence-corrected chi connectivity index (χ0v) is 11.6. The van der Waals surface area contributed by atoms with E-state index in [9.17, 15) is 4.79 Å². The number of amides is 1. The number of carbonyl (C=O) groups excluding carboxylic acids is 1. The molecule has 104 valence electrons. The number of hydrogen-bond donors (Lipinski definition) is 2. The van der Waals surface area contributed by atoms with Gasteiger partial charge in [0.2, 0.25) is 0 Å². The Balaban J connectivity index is 2.13. The van der Waals surface area contributed by atoms with Crippen molar-refractivity contribution >= 4 is 5.91 Å². The summed E-state index contributed by atoms with van der Waals surface area (Å²) in [6, 6.07) is 13.3. The summed E-state index contributed by atoms with van der Waals surface area (Å²) in [5.74, 6) is 5.71. The van der Waals surface area contributed by atoms with Crippen LogP contribution in [0.15, 0.2) is 42.5 Å². The first-order valence-corrected chi connectivity index (χ1v) is 6.40. The Kier molecular flexibility index (Phi) is 4.38. The van der Waals surface area contributed by atoms with E-state index in [2.05, 4.69) is 5.43 Å². The number of benzene rings is 2. The van der Waals surface area contributed by atoms with Gasteiger partial charge in [-0.25, -0.2) is 5.84 Å². The number of nitrogens with one attached hydrogen (secondary N) is 1. The van der Waals surface area contributed by atoms with Gasteiger partial charge in [0, 0.05) is 5.56 Å². The molecule has 0 radical (unpaired) electrons. The van der Waals surface area contributed by atoms with E-state index in [1.807, 2.05) is 44.2 Å². The Morgan fingerprint density at radius 2 is 1.80 bits per heavy atom. The molecule has 0 bridgehead atoms. The summed E-state index contributed by atoms with van der Waals surface area (Å²) in [5.41, 5.74) is 5.76. The monoisotopic (exact) mass is 270 g/mol. The van der Waals surface area contributed by atoms with Crippen molar-refractivity contribution in [2.75, 3.05) is 0 Å². The minimum Gasteiger partial charge on any atom is -0.488 e. The quantitative estimate of drug-likeness (QED) is 0.509. The normalized spacial score (nSPS) is 10.2. The van der Waals surface area contributed by atoms with Crippen LogP contribution in [0.2, 0.25) is 0 Å². The van der Waals surface area contributed by atoms with E-state index in [1.165, 1.54) is 0 Å². The van der Waals surface area contributed by atoms with Gasteiger partial charge in [-0.05, 0) is 42.7 Å². The van der Waals surface area contributed by atoms with Crippen molar-refractivity contribution in [2.24, 2.45) is 5.84 Å². The fraction of sp³-hybridized carbons (Fsp3) is 0.188. The van der Waals surface area contributed by atoms with Crippen molar-refractivity contribution in [1.82, 2.24) is 5.43 Å². The molecule has 2 rings (SSSR count). The fourth-order valence-corrected chi connectivity index (χ4v) is 2.07. The first-order chi connectivity index (χ1) is 9.61. The van der Waals surface area contributed by atoms with Crippen LogP contribution < -0.4 is 16.0 Å². The van der Waals surface area contributed by atoms with Crippen molar-refractivity contribution in [3.8, 4) is 5.75 Å². The number of hydrazine groups is 1. The lowest BCUT2D eigenvalue weighted by Crippen LogP contribution is -2.30. The van der Waals surface area contributed by atoms with Gasteiger partial charge in [-0.3, -0.25) is 10.2 Å². The number of hydrogen-bond acceptors (Lipinski definition) is 3. The second-order valence-electron chi connectivity index (χ2n) is 4.68. The molecule has 0 aliphatic carbocycles. The fourth-order valence-electron chi connectivity index (χ4n) is 2.07. The predicted molar refractivity (Wildman–Crippen MR) is 78.3 cm³/mol. The molecule has 0 aliphatic rings. The predicted octanol–water partition coefficient (Wildman–Crippen LogP) is 2.49. The van der Waals surface area contributed by atoms with Gasteiger partial charge in [-0.1, -0.05) is 30.3 Å². The van der Waals surface area contributed by atoms with Gasteiger partial charge in [-0.15, -0.1) is 0 Å². The average molecular weight is 270 g/mol. The molecular weight excluding hydrogens is 252 g/mol. The highest BCUT2D eigenvalue weighted by Crippen LogP contribution is 2.23. The van der Waals surface area contributed by atoms with Crippen molar-refractivity contribution < 1.29 is 9.53 Å². The molecule has 3 N–H and O–H groups in total. The standard InChI is InChI=1S/C16H18N2O2/c1-11-5-3-6-12(2)15(11)20-10-13-7-4-8-14(9-13)16(19)18-17/h3-9H,10,17H2,1-2H3,(H,18,19). The van der Waals surface area contributed by atoms with Crippen molar-refractivity contribution in [3.63, 3.8) is 0 Å². The van der Waals surface area contributed by atoms with Crippen LogP contribution in [0.5, 0.6) is 5.75 Å². The molecule has 0 aromatic heterocycles. The maximum absolute atomic E-state index is 11.5. The largest absolute Gasteiger partial charge is 0.488 e. The van der Waals surface area contributed by atoms with Gasteiger partial charge in [0.15, 0.2) is 0 Å². The Hall–Kier alpha value is -2.33. The number of para-hydroxylation sites is 1. The molecule has 0 fully saturated rings. The third-order valence-corrected chi connectivity index (χ3v) is 3.11. The van der Waals surface area contributed by atoms with Crippen LogP contribution in [-0.4, -0.2) is 5.91 Å². The van der Waals surface area contributed by atoms with Gasteiger partial charge in [0.1, 0.15) is 12.4 Å². The van der Waals surface area contributed by atoms with Crippen LogP contribution in [0.4, 0.5) is 0 Å². The minimum absolute atomic E-state index is 0.307. The van der Waals surface area contributed by atoms with E-state index in [0.717, 1.165) is 22.4 Å². The molecule has 0 aliphatic heterocycles. The Morgan fingerprint density at radius 3 is 2.45 bits per heavy atom. The molecule has 0 saturated carbocycles. The molecule has 0 unspecified atom stereocenters. The summed E-state index contributed by atoms with van der Waals surface area (Å²) in [6.45, 7) is 4.44. The van der Waals surface area contributed by atoms with Crippen LogP contribution in [0, 0.1) is 13.8 Å². The number of ether oxygens (including phenoxy) is 1. The molecule has 0 heterocycles. The highest BCUT2D eigenvalue weighted by atomic mass is 16.5. The third kappa shape index (κ3) is 3.16. The van der Waals surface area contributed by atoms with E-state index in [4.69, 9.17) is 10.6 Å². The van der Waals surface area contributed by atoms with Crippen molar-refractivity contribution in [3.05, 3.63) is 64.7 Å². The van der Waals surface area contributed by atoms with Crippen LogP contribution >= 0.6 is 0 Å². The van der Waals surface area contributed by atoms with E-state index in [0.29, 0.717) is 12.2 Å². The molecule has 0 atom stereocenters. The third-order valence-electron chi connectivity index (χ3n) is 3.11.